The highest BCUT2D eigenvalue weighted by atomic mass is 16.2. The standard InChI is InChI=1S/C19H20N6O2/c26-18-6-3-7-23(18)9-14-10-25(22-21-14)15-11-24(12-15)19(27)17-8-13-4-1-2-5-16(13)20-17/h1-2,4-5,8,10,15,20H,3,6-7,9,11-12H2. The van der Waals surface area contributed by atoms with Crippen molar-refractivity contribution < 1.29 is 9.59 Å². The van der Waals surface area contributed by atoms with Gasteiger partial charge in [0.15, 0.2) is 0 Å². The normalized spacial score (nSPS) is 17.7. The van der Waals surface area contributed by atoms with Crippen LogP contribution in [0.3, 0.4) is 0 Å². The second-order valence-electron chi connectivity index (χ2n) is 7.24. The van der Waals surface area contributed by atoms with E-state index in [0.717, 1.165) is 29.6 Å². The minimum atomic E-state index is 0.00505. The molecule has 2 aromatic heterocycles. The number of carbonyl (C=O) groups excluding carboxylic acids is 2. The van der Waals surface area contributed by atoms with E-state index in [0.29, 0.717) is 31.7 Å². The van der Waals surface area contributed by atoms with E-state index >= 15 is 0 Å². The van der Waals surface area contributed by atoms with Crippen molar-refractivity contribution in [1.29, 1.82) is 0 Å². The number of hydrogen-bond acceptors (Lipinski definition) is 4. The van der Waals surface area contributed by atoms with Crippen LogP contribution in [-0.2, 0) is 11.3 Å². The van der Waals surface area contributed by atoms with Gasteiger partial charge in [-0.05, 0) is 18.6 Å². The molecule has 8 nitrogen and oxygen atoms in total. The molecule has 2 aliphatic heterocycles. The van der Waals surface area contributed by atoms with Crippen molar-refractivity contribution in [1.82, 2.24) is 29.8 Å². The van der Waals surface area contributed by atoms with Crippen molar-refractivity contribution >= 4 is 22.7 Å². The second kappa shape index (κ2) is 6.22. The first-order chi connectivity index (χ1) is 13.2. The molecule has 1 N–H and O–H groups in total. The monoisotopic (exact) mass is 364 g/mol. The third-order valence-electron chi connectivity index (χ3n) is 5.37. The summed E-state index contributed by atoms with van der Waals surface area (Å²) in [4.78, 5) is 31.2. The highest BCUT2D eigenvalue weighted by molar-refractivity contribution is 5.98. The van der Waals surface area contributed by atoms with Crippen LogP contribution in [0.5, 0.6) is 0 Å². The zero-order chi connectivity index (χ0) is 18.4. The number of rotatable bonds is 4. The molecule has 8 heteroatoms. The van der Waals surface area contributed by atoms with Gasteiger partial charge in [-0.1, -0.05) is 23.4 Å². The van der Waals surface area contributed by atoms with Crippen LogP contribution in [0.1, 0.15) is 35.1 Å². The molecule has 27 heavy (non-hydrogen) atoms. The van der Waals surface area contributed by atoms with Gasteiger partial charge in [0.25, 0.3) is 5.91 Å². The van der Waals surface area contributed by atoms with Crippen molar-refractivity contribution in [2.45, 2.75) is 25.4 Å². The Morgan fingerprint density at radius 1 is 1.26 bits per heavy atom. The van der Waals surface area contributed by atoms with Gasteiger partial charge >= 0.3 is 0 Å². The molecule has 5 rings (SSSR count). The Labute approximate surface area is 155 Å². The molecule has 0 aliphatic carbocycles. The molecular formula is C19H20N6O2. The summed E-state index contributed by atoms with van der Waals surface area (Å²) in [6.45, 7) is 2.53. The molecular weight excluding hydrogens is 344 g/mol. The SMILES string of the molecule is O=C1CCCN1Cc1cn(C2CN(C(=O)c3cc4ccccc4[nH]3)C2)nn1. The lowest BCUT2D eigenvalue weighted by Gasteiger charge is -2.38. The minimum absolute atomic E-state index is 0.00505. The summed E-state index contributed by atoms with van der Waals surface area (Å²) in [6.07, 6.45) is 3.43. The maximum absolute atomic E-state index is 12.7. The predicted octanol–water partition coefficient (Wildman–Crippen LogP) is 1.58. The number of nitrogens with zero attached hydrogens (tertiary/aromatic N) is 5. The van der Waals surface area contributed by atoms with Crippen LogP contribution >= 0.6 is 0 Å². The van der Waals surface area contributed by atoms with Gasteiger partial charge in [0, 0.05) is 37.0 Å². The number of para-hydroxylation sites is 1. The number of likely N-dealkylation sites (tertiary alicyclic amines) is 2. The lowest BCUT2D eigenvalue weighted by atomic mass is 10.1. The van der Waals surface area contributed by atoms with Crippen molar-refractivity contribution in [3.05, 3.63) is 47.9 Å². The van der Waals surface area contributed by atoms with E-state index in [-0.39, 0.29) is 17.9 Å². The van der Waals surface area contributed by atoms with Gasteiger partial charge < -0.3 is 14.8 Å². The first-order valence-electron chi connectivity index (χ1n) is 9.23. The summed E-state index contributed by atoms with van der Waals surface area (Å²) in [5.41, 5.74) is 2.38. The lowest BCUT2D eigenvalue weighted by molar-refractivity contribution is -0.128. The van der Waals surface area contributed by atoms with Gasteiger partial charge in [0.1, 0.15) is 11.4 Å². The molecule has 0 spiro atoms. The van der Waals surface area contributed by atoms with E-state index in [1.807, 2.05) is 46.1 Å². The number of aromatic nitrogens is 4. The Morgan fingerprint density at radius 2 is 2.11 bits per heavy atom. The third kappa shape index (κ3) is 2.87. The van der Waals surface area contributed by atoms with Crippen LogP contribution in [0.25, 0.3) is 10.9 Å². The van der Waals surface area contributed by atoms with Crippen LogP contribution in [0.2, 0.25) is 0 Å². The number of amides is 2. The predicted molar refractivity (Wildman–Crippen MR) is 97.9 cm³/mol. The Morgan fingerprint density at radius 3 is 2.89 bits per heavy atom. The molecule has 0 radical (unpaired) electrons. The van der Waals surface area contributed by atoms with Gasteiger partial charge in [-0.3, -0.25) is 9.59 Å². The van der Waals surface area contributed by atoms with Crippen molar-refractivity contribution in [2.75, 3.05) is 19.6 Å². The molecule has 4 heterocycles. The van der Waals surface area contributed by atoms with Crippen molar-refractivity contribution in [3.63, 3.8) is 0 Å². The fourth-order valence-electron chi connectivity index (χ4n) is 3.78. The van der Waals surface area contributed by atoms with E-state index in [1.165, 1.54) is 0 Å². The minimum Gasteiger partial charge on any atom is -0.351 e. The molecule has 138 valence electrons. The first-order valence-corrected chi connectivity index (χ1v) is 9.23. The summed E-state index contributed by atoms with van der Waals surface area (Å²) in [6, 6.07) is 9.89. The Hall–Kier alpha value is -3.16. The second-order valence-corrected chi connectivity index (χ2v) is 7.24. The molecule has 0 atom stereocenters. The highest BCUT2D eigenvalue weighted by Crippen LogP contribution is 2.24. The van der Waals surface area contributed by atoms with Crippen LogP contribution in [-0.4, -0.2) is 61.2 Å². The largest absolute Gasteiger partial charge is 0.351 e. The number of benzene rings is 1. The van der Waals surface area contributed by atoms with Crippen LogP contribution in [0.15, 0.2) is 36.5 Å². The zero-order valence-corrected chi connectivity index (χ0v) is 14.8. The number of H-pyrrole nitrogens is 1. The summed E-state index contributed by atoms with van der Waals surface area (Å²) in [7, 11) is 0. The van der Waals surface area contributed by atoms with E-state index < -0.39 is 0 Å². The molecule has 0 saturated carbocycles. The fourth-order valence-corrected chi connectivity index (χ4v) is 3.78. The zero-order valence-electron chi connectivity index (χ0n) is 14.8. The Balaban J connectivity index is 1.21. The van der Waals surface area contributed by atoms with Gasteiger partial charge in [0.05, 0.1) is 18.8 Å². The summed E-state index contributed by atoms with van der Waals surface area (Å²) >= 11 is 0. The molecule has 3 aromatic rings. The topological polar surface area (TPSA) is 87.1 Å². The van der Waals surface area contributed by atoms with E-state index in [2.05, 4.69) is 15.3 Å². The third-order valence-corrected chi connectivity index (χ3v) is 5.37. The molecule has 1 aromatic carbocycles. The Kier molecular flexibility index (Phi) is 3.70. The smallest absolute Gasteiger partial charge is 0.270 e. The van der Waals surface area contributed by atoms with Gasteiger partial charge in [-0.25, -0.2) is 4.68 Å². The van der Waals surface area contributed by atoms with Gasteiger partial charge in [-0.15, -0.1) is 5.10 Å². The van der Waals surface area contributed by atoms with Crippen molar-refractivity contribution in [2.24, 2.45) is 0 Å². The number of aromatic amines is 1. The maximum Gasteiger partial charge on any atom is 0.270 e. The van der Waals surface area contributed by atoms with Gasteiger partial charge in [-0.2, -0.15) is 0 Å². The quantitative estimate of drug-likeness (QED) is 0.761. The molecule has 2 aliphatic rings. The number of hydrogen-bond donors (Lipinski definition) is 1. The average Bonchev–Trinajstić information content (AvgIpc) is 3.34. The Bertz CT molecular complexity index is 983. The first kappa shape index (κ1) is 16.0. The van der Waals surface area contributed by atoms with Crippen molar-refractivity contribution in [3.8, 4) is 0 Å². The van der Waals surface area contributed by atoms with Crippen LogP contribution in [0, 0.1) is 0 Å². The van der Waals surface area contributed by atoms with E-state index in [9.17, 15) is 9.59 Å². The maximum atomic E-state index is 12.7. The molecule has 0 bridgehead atoms. The number of fused-ring (bicyclic) bond motifs is 1. The summed E-state index contributed by atoms with van der Waals surface area (Å²) in [5, 5.41) is 9.41. The van der Waals surface area contributed by atoms with E-state index in [1.54, 1.807) is 4.90 Å². The fraction of sp³-hybridized carbons (Fsp3) is 0.368. The van der Waals surface area contributed by atoms with E-state index in [4.69, 9.17) is 0 Å². The molecule has 2 fully saturated rings. The van der Waals surface area contributed by atoms with Crippen LogP contribution < -0.4 is 0 Å². The summed E-state index contributed by atoms with van der Waals surface area (Å²) in [5.74, 6) is 0.189. The summed E-state index contributed by atoms with van der Waals surface area (Å²) < 4.78 is 1.81. The highest BCUT2D eigenvalue weighted by Gasteiger charge is 2.34. The molecule has 0 unspecified atom stereocenters. The van der Waals surface area contributed by atoms with Crippen LogP contribution in [0.4, 0.5) is 0 Å². The van der Waals surface area contributed by atoms with Gasteiger partial charge in [0.2, 0.25) is 5.91 Å². The lowest BCUT2D eigenvalue weighted by Crippen LogP contribution is -2.51. The number of carbonyl (C=O) groups is 2. The average molecular weight is 364 g/mol. The number of nitrogens with one attached hydrogen (secondary N) is 1. The molecule has 2 amide bonds. The molecule has 2 saturated heterocycles.